The molecular weight excluding hydrogens is 293 g/mol. The number of aliphatic hydroxyl groups is 1. The second kappa shape index (κ2) is 4.70. The molecule has 76 valence electrons. The minimum atomic E-state index is -0.979. The van der Waals surface area contributed by atoms with Gasteiger partial charge in [-0.15, -0.1) is 0 Å². The van der Waals surface area contributed by atoms with Crippen molar-refractivity contribution in [2.24, 2.45) is 0 Å². The Kier molecular flexibility index (Phi) is 3.82. The molecule has 1 heterocycles. The molecule has 5 heteroatoms. The van der Waals surface area contributed by atoms with Crippen LogP contribution in [0, 0.1) is 10.8 Å². The number of rotatable bonds is 4. The van der Waals surface area contributed by atoms with E-state index in [-0.39, 0.29) is 9.43 Å². The summed E-state index contributed by atoms with van der Waals surface area (Å²) >= 11 is 1.72. The highest BCUT2D eigenvalue weighted by atomic mass is 127. The van der Waals surface area contributed by atoms with Gasteiger partial charge in [-0.25, -0.2) is 0 Å². The molecule has 0 saturated carbocycles. The number of aryl methyl sites for hydroxylation is 1. The van der Waals surface area contributed by atoms with Crippen molar-refractivity contribution in [1.29, 1.82) is 10.8 Å². The fourth-order valence-electron chi connectivity index (χ4n) is 1.10. The van der Waals surface area contributed by atoms with Crippen molar-refractivity contribution in [3.8, 4) is 0 Å². The third-order valence-electron chi connectivity index (χ3n) is 1.96. The zero-order chi connectivity index (χ0) is 10.7. The van der Waals surface area contributed by atoms with Crippen LogP contribution in [0.1, 0.15) is 18.6 Å². The van der Waals surface area contributed by atoms with Gasteiger partial charge < -0.3 is 9.67 Å². The Balaban J connectivity index is 2.83. The van der Waals surface area contributed by atoms with E-state index in [4.69, 9.17) is 10.8 Å². The summed E-state index contributed by atoms with van der Waals surface area (Å²) in [7, 11) is 0. The molecule has 1 aromatic heterocycles. The summed E-state index contributed by atoms with van der Waals surface area (Å²) in [6, 6.07) is 1.77. The fourth-order valence-corrected chi connectivity index (χ4v) is 1.40. The molecule has 14 heavy (non-hydrogen) atoms. The average Bonchev–Trinajstić information content (AvgIpc) is 2.63. The van der Waals surface area contributed by atoms with Crippen molar-refractivity contribution in [1.82, 2.24) is 4.57 Å². The van der Waals surface area contributed by atoms with Gasteiger partial charge in [-0.3, -0.25) is 10.8 Å². The predicted octanol–water partition coefficient (Wildman–Crippen LogP) is 1.97. The lowest BCUT2D eigenvalue weighted by atomic mass is 10.1. The van der Waals surface area contributed by atoms with Crippen LogP contribution < -0.4 is 0 Å². The van der Waals surface area contributed by atoms with E-state index in [0.717, 1.165) is 6.54 Å². The zero-order valence-corrected chi connectivity index (χ0v) is 9.95. The summed E-state index contributed by atoms with van der Waals surface area (Å²) in [5, 5.41) is 24.4. The normalized spacial score (nSPS) is 12.5. The van der Waals surface area contributed by atoms with E-state index in [1.807, 2.05) is 17.7 Å². The molecule has 1 atom stereocenters. The fraction of sp³-hybridized carbons (Fsp3) is 0.333. The Morgan fingerprint density at radius 1 is 1.64 bits per heavy atom. The molecule has 0 aliphatic heterocycles. The second-order valence-corrected chi connectivity index (χ2v) is 3.98. The molecule has 1 aromatic rings. The van der Waals surface area contributed by atoms with Crippen LogP contribution in [-0.2, 0) is 6.54 Å². The Labute approximate surface area is 96.1 Å². The first-order valence-corrected chi connectivity index (χ1v) is 5.30. The molecule has 0 aromatic carbocycles. The molecular formula is C9H12IN3O. The topological polar surface area (TPSA) is 72.9 Å². The first-order valence-electron chi connectivity index (χ1n) is 4.22. The zero-order valence-electron chi connectivity index (χ0n) is 7.79. The summed E-state index contributed by atoms with van der Waals surface area (Å²) in [5.74, 6) is 0. The minimum Gasteiger partial charge on any atom is -0.382 e. The molecule has 0 spiro atoms. The molecule has 1 rings (SSSR count). The largest absolute Gasteiger partial charge is 0.382 e. The summed E-state index contributed by atoms with van der Waals surface area (Å²) in [6.45, 7) is 2.84. The van der Waals surface area contributed by atoms with Crippen molar-refractivity contribution in [2.45, 2.75) is 19.6 Å². The van der Waals surface area contributed by atoms with Gasteiger partial charge in [-0.05, 0) is 35.6 Å². The lowest BCUT2D eigenvalue weighted by Gasteiger charge is -2.07. The Bertz CT molecular complexity index is 359. The van der Waals surface area contributed by atoms with Crippen LogP contribution in [-0.4, -0.2) is 19.1 Å². The van der Waals surface area contributed by atoms with E-state index < -0.39 is 6.10 Å². The number of hydrogen-bond donors (Lipinski definition) is 3. The number of nitrogens with one attached hydrogen (secondary N) is 2. The van der Waals surface area contributed by atoms with Crippen LogP contribution in [0.4, 0.5) is 0 Å². The van der Waals surface area contributed by atoms with E-state index in [2.05, 4.69) is 0 Å². The maximum atomic E-state index is 9.68. The summed E-state index contributed by atoms with van der Waals surface area (Å²) in [4.78, 5) is 0. The molecule has 0 bridgehead atoms. The highest BCUT2D eigenvalue weighted by Gasteiger charge is 2.16. The van der Waals surface area contributed by atoms with Crippen molar-refractivity contribution in [2.75, 3.05) is 0 Å². The molecule has 0 radical (unpaired) electrons. The van der Waals surface area contributed by atoms with Gasteiger partial charge in [0, 0.05) is 24.5 Å². The van der Waals surface area contributed by atoms with Crippen molar-refractivity contribution < 1.29 is 5.11 Å². The lowest BCUT2D eigenvalue weighted by Crippen LogP contribution is -2.15. The van der Waals surface area contributed by atoms with Gasteiger partial charge >= 0.3 is 0 Å². The molecule has 4 nitrogen and oxygen atoms in total. The molecule has 0 fully saturated rings. The Morgan fingerprint density at radius 3 is 2.71 bits per heavy atom. The van der Waals surface area contributed by atoms with E-state index in [9.17, 15) is 5.11 Å². The number of halogens is 1. The summed E-state index contributed by atoms with van der Waals surface area (Å²) in [5.41, 5.74) is 0.609. The smallest absolute Gasteiger partial charge is 0.124 e. The van der Waals surface area contributed by atoms with Gasteiger partial charge in [-0.1, -0.05) is 0 Å². The number of hydrogen-bond acceptors (Lipinski definition) is 3. The van der Waals surface area contributed by atoms with Crippen LogP contribution in [0.5, 0.6) is 0 Å². The van der Waals surface area contributed by atoms with Gasteiger partial charge in [0.05, 0.1) is 5.71 Å². The van der Waals surface area contributed by atoms with Gasteiger partial charge in [0.15, 0.2) is 0 Å². The van der Waals surface area contributed by atoms with Gasteiger partial charge in [-0.2, -0.15) is 0 Å². The van der Waals surface area contributed by atoms with E-state index >= 15 is 0 Å². The van der Waals surface area contributed by atoms with Crippen molar-refractivity contribution >= 4 is 32.0 Å². The molecule has 1 unspecified atom stereocenters. The SMILES string of the molecule is CCn1ccc(C(O)C(=N)C(=N)I)c1. The van der Waals surface area contributed by atoms with Gasteiger partial charge in [0.25, 0.3) is 0 Å². The first kappa shape index (κ1) is 11.4. The summed E-state index contributed by atoms with van der Waals surface area (Å²) in [6.07, 6.45) is 2.66. The molecule has 3 N–H and O–H groups in total. The van der Waals surface area contributed by atoms with Gasteiger partial charge in [0.2, 0.25) is 0 Å². The number of nitrogens with zero attached hydrogens (tertiary/aromatic N) is 1. The van der Waals surface area contributed by atoms with E-state index in [0.29, 0.717) is 5.56 Å². The van der Waals surface area contributed by atoms with Gasteiger partial charge in [0.1, 0.15) is 9.82 Å². The quantitative estimate of drug-likeness (QED) is 0.577. The maximum absolute atomic E-state index is 9.68. The third kappa shape index (κ3) is 2.42. The Morgan fingerprint density at radius 2 is 2.29 bits per heavy atom. The average molecular weight is 305 g/mol. The molecule has 0 amide bonds. The third-order valence-corrected chi connectivity index (χ3v) is 2.55. The predicted molar refractivity (Wildman–Crippen MR) is 64.5 cm³/mol. The van der Waals surface area contributed by atoms with Crippen LogP contribution >= 0.6 is 22.6 Å². The Hall–Kier alpha value is -0.690. The standard InChI is InChI=1S/C9H12IN3O/c1-2-13-4-3-6(5-13)8(14)7(11)9(10)12/h3-5,8,11-12,14H,2H2,1H3. The maximum Gasteiger partial charge on any atom is 0.124 e. The number of aromatic nitrogens is 1. The first-order chi connectivity index (χ1) is 6.56. The molecule has 0 aliphatic rings. The van der Waals surface area contributed by atoms with Crippen LogP contribution in [0.15, 0.2) is 18.5 Å². The lowest BCUT2D eigenvalue weighted by molar-refractivity contribution is 0.249. The summed E-state index contributed by atoms with van der Waals surface area (Å²) < 4.78 is 1.99. The minimum absolute atomic E-state index is 0.0561. The molecule has 0 saturated heterocycles. The van der Waals surface area contributed by atoms with Crippen LogP contribution in [0.3, 0.4) is 0 Å². The molecule has 0 aliphatic carbocycles. The van der Waals surface area contributed by atoms with Crippen LogP contribution in [0.2, 0.25) is 0 Å². The van der Waals surface area contributed by atoms with Crippen LogP contribution in [0.25, 0.3) is 0 Å². The van der Waals surface area contributed by atoms with E-state index in [1.165, 1.54) is 0 Å². The number of aliphatic hydroxyl groups excluding tert-OH is 1. The van der Waals surface area contributed by atoms with Crippen molar-refractivity contribution in [3.05, 3.63) is 24.0 Å². The highest BCUT2D eigenvalue weighted by molar-refractivity contribution is 14.1. The van der Waals surface area contributed by atoms with Crippen molar-refractivity contribution in [3.63, 3.8) is 0 Å². The van der Waals surface area contributed by atoms with E-state index in [1.54, 1.807) is 34.9 Å². The second-order valence-electron chi connectivity index (χ2n) is 2.91. The monoisotopic (exact) mass is 305 g/mol. The highest BCUT2D eigenvalue weighted by Crippen LogP contribution is 2.16.